The molecule has 6 rings (SSSR count). The van der Waals surface area contributed by atoms with Gasteiger partial charge in [-0.1, -0.05) is 18.9 Å². The van der Waals surface area contributed by atoms with Crippen LogP contribution < -0.4 is 4.74 Å². The summed E-state index contributed by atoms with van der Waals surface area (Å²) in [5.74, 6) is -1.85. The van der Waals surface area contributed by atoms with Crippen LogP contribution in [0.25, 0.3) is 23.0 Å². The van der Waals surface area contributed by atoms with Gasteiger partial charge < -0.3 is 19.5 Å². The molecule has 0 bridgehead atoms. The molecule has 9 nitrogen and oxygen atoms in total. The number of ether oxygens (including phenoxy) is 2. The van der Waals surface area contributed by atoms with Gasteiger partial charge in [-0.3, -0.25) is 4.79 Å². The highest BCUT2D eigenvalue weighted by Gasteiger charge is 2.39. The molecule has 0 saturated carbocycles. The lowest BCUT2D eigenvalue weighted by atomic mass is 9.84. The highest BCUT2D eigenvalue weighted by molar-refractivity contribution is 5.94. The van der Waals surface area contributed by atoms with E-state index in [0.717, 1.165) is 31.4 Å². The van der Waals surface area contributed by atoms with Crippen LogP contribution in [0.3, 0.4) is 0 Å². The molecule has 0 aliphatic carbocycles. The molecule has 0 unspecified atom stereocenters. The molecule has 0 radical (unpaired) electrons. The van der Waals surface area contributed by atoms with E-state index in [-0.39, 0.29) is 40.9 Å². The van der Waals surface area contributed by atoms with E-state index in [1.807, 2.05) is 4.90 Å². The third kappa shape index (κ3) is 4.03. The number of nitrogens with zero attached hydrogens (tertiary/aromatic N) is 4. The number of aromatic nitrogens is 3. The molecule has 2 aromatic heterocycles. The predicted molar refractivity (Wildman–Crippen MR) is 137 cm³/mol. The Morgan fingerprint density at radius 3 is 2.74 bits per heavy atom. The molecule has 198 valence electrons. The molecule has 10 heteroatoms. The zero-order chi connectivity index (χ0) is 26.6. The minimum Gasteiger partial charge on any atom is -0.485 e. The van der Waals surface area contributed by atoms with E-state index in [1.165, 1.54) is 6.08 Å². The van der Waals surface area contributed by atoms with Gasteiger partial charge in [0, 0.05) is 29.8 Å². The van der Waals surface area contributed by atoms with E-state index in [9.17, 15) is 14.7 Å². The molecule has 38 heavy (non-hydrogen) atoms. The highest BCUT2D eigenvalue weighted by Crippen LogP contribution is 2.37. The van der Waals surface area contributed by atoms with Crippen LogP contribution in [0, 0.1) is 5.82 Å². The molecular formula is C28H29FN4O5. The van der Waals surface area contributed by atoms with Crippen molar-refractivity contribution in [3.63, 3.8) is 0 Å². The van der Waals surface area contributed by atoms with Crippen molar-refractivity contribution in [1.82, 2.24) is 19.5 Å². The van der Waals surface area contributed by atoms with Crippen molar-refractivity contribution >= 4 is 23.6 Å². The van der Waals surface area contributed by atoms with Gasteiger partial charge in [-0.2, -0.15) is 5.10 Å². The van der Waals surface area contributed by atoms with Crippen LogP contribution in [-0.4, -0.2) is 68.9 Å². The zero-order valence-electron chi connectivity index (χ0n) is 21.4. The summed E-state index contributed by atoms with van der Waals surface area (Å²) in [7, 11) is 0. The number of carboxylic acids is 1. The van der Waals surface area contributed by atoms with Crippen LogP contribution in [0.4, 0.5) is 4.39 Å². The summed E-state index contributed by atoms with van der Waals surface area (Å²) in [6.07, 6.45) is 5.56. The molecule has 0 spiro atoms. The fourth-order valence-corrected chi connectivity index (χ4v) is 5.46. The van der Waals surface area contributed by atoms with Gasteiger partial charge in [-0.15, -0.1) is 0 Å². The van der Waals surface area contributed by atoms with Crippen LogP contribution in [0.2, 0.25) is 0 Å². The maximum Gasteiger partial charge on any atom is 0.335 e. The molecule has 2 fully saturated rings. The topological polar surface area (TPSA) is 106 Å². The molecule has 1 amide bonds. The quantitative estimate of drug-likeness (QED) is 0.552. The number of fused-ring (bicyclic) bond motifs is 2. The first-order valence-electron chi connectivity index (χ1n) is 12.9. The van der Waals surface area contributed by atoms with Crippen molar-refractivity contribution in [2.24, 2.45) is 0 Å². The summed E-state index contributed by atoms with van der Waals surface area (Å²) >= 11 is 0. The summed E-state index contributed by atoms with van der Waals surface area (Å²) in [6, 6.07) is 6.78. The van der Waals surface area contributed by atoms with Gasteiger partial charge in [0.15, 0.2) is 17.2 Å². The second-order valence-electron chi connectivity index (χ2n) is 10.7. The van der Waals surface area contributed by atoms with Gasteiger partial charge >= 0.3 is 5.97 Å². The van der Waals surface area contributed by atoms with Crippen LogP contribution >= 0.6 is 0 Å². The van der Waals surface area contributed by atoms with E-state index >= 15 is 4.39 Å². The van der Waals surface area contributed by atoms with Gasteiger partial charge in [0.25, 0.3) is 5.91 Å². The van der Waals surface area contributed by atoms with Crippen LogP contribution in [0.1, 0.15) is 61.3 Å². The molecule has 3 aliphatic heterocycles. The van der Waals surface area contributed by atoms with E-state index in [4.69, 9.17) is 14.6 Å². The van der Waals surface area contributed by atoms with Crippen molar-refractivity contribution in [2.45, 2.75) is 51.0 Å². The first-order valence-corrected chi connectivity index (χ1v) is 12.9. The van der Waals surface area contributed by atoms with Crippen molar-refractivity contribution in [3.8, 4) is 17.0 Å². The second kappa shape index (κ2) is 9.20. The lowest BCUT2D eigenvalue weighted by molar-refractivity contribution is -0.133. The van der Waals surface area contributed by atoms with Crippen molar-refractivity contribution < 1.29 is 28.6 Å². The van der Waals surface area contributed by atoms with Gasteiger partial charge in [0.1, 0.15) is 12.3 Å². The van der Waals surface area contributed by atoms with E-state index in [0.29, 0.717) is 42.4 Å². The van der Waals surface area contributed by atoms with Crippen LogP contribution in [0.5, 0.6) is 5.75 Å². The fourth-order valence-electron chi connectivity index (χ4n) is 5.46. The number of aliphatic carboxylic acids is 1. The normalized spacial score (nSPS) is 20.7. The highest BCUT2D eigenvalue weighted by atomic mass is 19.1. The standard InChI is InChI=1S/C28H29FN4O5/c1-16-6-4-3-5-9-32(16)26(34)21-11-22(28(2)14-37-15-28)33-23(30-21)12-20(31-33)19-8-7-17-10-18(27(35)36)13-38-25(17)24(19)29/h7-8,10-12,16H,3-6,9,13-15H2,1-2H3,(H,35,36)/t16-/m1/s1. The summed E-state index contributed by atoms with van der Waals surface area (Å²) in [6.45, 7) is 5.57. The Hall–Kier alpha value is -3.79. The summed E-state index contributed by atoms with van der Waals surface area (Å²) in [5, 5.41) is 13.9. The van der Waals surface area contributed by atoms with Gasteiger partial charge in [0.2, 0.25) is 0 Å². The van der Waals surface area contributed by atoms with E-state index < -0.39 is 11.8 Å². The van der Waals surface area contributed by atoms with E-state index in [2.05, 4.69) is 18.8 Å². The SMILES string of the molecule is C[C@@H]1CCCCCN1C(=O)c1cc(C2(C)COC2)n2nc(-c3ccc4c(c3F)OCC(C(=O)O)=C4)cc2n1. The number of halogens is 1. The van der Waals surface area contributed by atoms with Crippen LogP contribution in [0.15, 0.2) is 29.8 Å². The Balaban J connectivity index is 1.44. The Labute approximate surface area is 218 Å². The first-order chi connectivity index (χ1) is 18.2. The Morgan fingerprint density at radius 2 is 2.00 bits per heavy atom. The number of benzene rings is 1. The summed E-state index contributed by atoms with van der Waals surface area (Å²) < 4.78 is 28.2. The molecule has 3 aromatic rings. The summed E-state index contributed by atoms with van der Waals surface area (Å²) in [5.41, 5.74) is 2.18. The average molecular weight is 521 g/mol. The second-order valence-corrected chi connectivity index (χ2v) is 10.7. The smallest absolute Gasteiger partial charge is 0.335 e. The fraction of sp³-hybridized carbons (Fsp3) is 0.429. The first kappa shape index (κ1) is 24.5. The van der Waals surface area contributed by atoms with Crippen molar-refractivity contribution in [3.05, 3.63) is 52.6 Å². The Morgan fingerprint density at radius 1 is 1.18 bits per heavy atom. The van der Waals surface area contributed by atoms with Gasteiger partial charge in [-0.05, 0) is 44.9 Å². The number of hydrogen-bond donors (Lipinski definition) is 1. The molecular weight excluding hydrogens is 491 g/mol. The molecule has 1 N–H and O–H groups in total. The lowest BCUT2D eigenvalue weighted by Gasteiger charge is -2.38. The predicted octanol–water partition coefficient (Wildman–Crippen LogP) is 4.09. The number of rotatable bonds is 4. The number of carboxylic acid groups (broad SMARTS) is 1. The minimum atomic E-state index is -1.10. The monoisotopic (exact) mass is 520 g/mol. The average Bonchev–Trinajstić information content (AvgIpc) is 3.20. The third-order valence-corrected chi connectivity index (χ3v) is 7.80. The van der Waals surface area contributed by atoms with Crippen molar-refractivity contribution in [1.29, 1.82) is 0 Å². The number of carbonyl (C=O) groups excluding carboxylic acids is 1. The Bertz CT molecular complexity index is 1490. The molecule has 1 aromatic carbocycles. The molecule has 2 saturated heterocycles. The largest absolute Gasteiger partial charge is 0.485 e. The van der Waals surface area contributed by atoms with E-state index in [1.54, 1.807) is 28.8 Å². The minimum absolute atomic E-state index is 0.0110. The van der Waals surface area contributed by atoms with Crippen LogP contribution in [-0.2, 0) is 14.9 Å². The number of hydrogen-bond acceptors (Lipinski definition) is 6. The lowest BCUT2D eigenvalue weighted by Crippen LogP contribution is -2.46. The Kier molecular flexibility index (Phi) is 5.94. The third-order valence-electron chi connectivity index (χ3n) is 7.80. The molecule has 3 aliphatic rings. The number of carbonyl (C=O) groups is 2. The maximum absolute atomic E-state index is 15.6. The summed E-state index contributed by atoms with van der Waals surface area (Å²) in [4.78, 5) is 31.5. The molecule has 5 heterocycles. The van der Waals surface area contributed by atoms with Crippen molar-refractivity contribution in [2.75, 3.05) is 26.4 Å². The zero-order valence-corrected chi connectivity index (χ0v) is 21.4. The number of amides is 1. The molecule has 1 atom stereocenters. The number of likely N-dealkylation sites (tertiary alicyclic amines) is 1. The maximum atomic E-state index is 15.6. The van der Waals surface area contributed by atoms with Gasteiger partial charge in [0.05, 0.1) is 35.6 Å². The van der Waals surface area contributed by atoms with Gasteiger partial charge in [-0.25, -0.2) is 18.7 Å².